The second kappa shape index (κ2) is 4.94. The second-order valence-corrected chi connectivity index (χ2v) is 5.40. The number of carbonyl (C=O) groups excluding carboxylic acids is 1. The fraction of sp³-hybridized carbons (Fsp3) is 0.909. The summed E-state index contributed by atoms with van der Waals surface area (Å²) in [4.78, 5) is 11.5. The normalized spacial score (nSPS) is 14.9. The number of carbonyl (C=O) groups is 1. The Hall–Kier alpha value is -0.610. The van der Waals surface area contributed by atoms with E-state index in [9.17, 15) is 9.90 Å². The van der Waals surface area contributed by atoms with Gasteiger partial charge in [-0.15, -0.1) is 0 Å². The van der Waals surface area contributed by atoms with Crippen molar-refractivity contribution in [2.45, 2.75) is 40.9 Å². The Bertz CT molecular complexity index is 215. The predicted octanol–water partition coefficient (Wildman–Crippen LogP) is 1.57. The summed E-state index contributed by atoms with van der Waals surface area (Å²) in [5, 5.41) is 9.49. The van der Waals surface area contributed by atoms with E-state index in [0.717, 1.165) is 0 Å². The maximum atomic E-state index is 11.5. The van der Waals surface area contributed by atoms with Crippen LogP contribution in [0.15, 0.2) is 0 Å². The molecule has 0 saturated heterocycles. The molecule has 0 aliphatic carbocycles. The average molecular weight is 218 g/mol. The fourth-order valence-electron chi connectivity index (χ4n) is 0.858. The number of methoxy groups -OCH3 is 1. The van der Waals surface area contributed by atoms with Crippen molar-refractivity contribution >= 4 is 5.97 Å². The number of hydrogen-bond donors (Lipinski definition) is 1. The third-order valence-electron chi connectivity index (χ3n) is 2.08. The zero-order chi connectivity index (χ0) is 12.3. The maximum absolute atomic E-state index is 11.5. The first-order valence-corrected chi connectivity index (χ1v) is 4.99. The number of hydrogen-bond acceptors (Lipinski definition) is 4. The maximum Gasteiger partial charge on any atom is 0.311 e. The largest absolute Gasteiger partial charge is 0.465 e. The Morgan fingerprint density at radius 2 is 1.73 bits per heavy atom. The Morgan fingerprint density at radius 1 is 1.27 bits per heavy atom. The minimum absolute atomic E-state index is 0.137. The lowest BCUT2D eigenvalue weighted by molar-refractivity contribution is -0.179. The van der Waals surface area contributed by atoms with Gasteiger partial charge in [0.05, 0.1) is 5.41 Å². The van der Waals surface area contributed by atoms with Gasteiger partial charge in [-0.2, -0.15) is 0 Å². The Morgan fingerprint density at radius 3 is 2.07 bits per heavy atom. The number of esters is 1. The van der Waals surface area contributed by atoms with Crippen LogP contribution >= 0.6 is 0 Å². The zero-order valence-corrected chi connectivity index (χ0v) is 10.5. The molecule has 0 aromatic heterocycles. The van der Waals surface area contributed by atoms with E-state index in [1.807, 2.05) is 0 Å². The van der Waals surface area contributed by atoms with Gasteiger partial charge in [0.15, 0.2) is 6.29 Å². The van der Waals surface area contributed by atoms with Crippen LogP contribution in [0.4, 0.5) is 0 Å². The number of ether oxygens (including phenoxy) is 2. The molecule has 0 aromatic rings. The van der Waals surface area contributed by atoms with Gasteiger partial charge in [0.1, 0.15) is 6.61 Å². The number of aliphatic hydroxyl groups is 1. The summed E-state index contributed by atoms with van der Waals surface area (Å²) in [5.41, 5.74) is -1.12. The van der Waals surface area contributed by atoms with Gasteiger partial charge in [-0.05, 0) is 20.8 Å². The molecule has 0 radical (unpaired) electrons. The lowest BCUT2D eigenvalue weighted by Crippen LogP contribution is -2.37. The fourth-order valence-corrected chi connectivity index (χ4v) is 0.858. The minimum Gasteiger partial charge on any atom is -0.465 e. The summed E-state index contributed by atoms with van der Waals surface area (Å²) in [7, 11) is 1.41. The van der Waals surface area contributed by atoms with Crippen LogP contribution in [0.2, 0.25) is 0 Å². The van der Waals surface area contributed by atoms with E-state index in [1.165, 1.54) is 7.11 Å². The molecule has 1 unspecified atom stereocenters. The molecule has 0 rings (SSSR count). The van der Waals surface area contributed by atoms with E-state index in [2.05, 4.69) is 0 Å². The SMILES string of the molecule is COC(O)C(C)(C)COC(=O)C(C)(C)C. The quantitative estimate of drug-likeness (QED) is 0.575. The molecular weight excluding hydrogens is 196 g/mol. The summed E-state index contributed by atoms with van der Waals surface area (Å²) < 4.78 is 9.91. The first-order valence-electron chi connectivity index (χ1n) is 4.99. The van der Waals surface area contributed by atoms with Crippen LogP contribution in [0.25, 0.3) is 0 Å². The van der Waals surface area contributed by atoms with Crippen LogP contribution in [0.5, 0.6) is 0 Å². The van der Waals surface area contributed by atoms with E-state index >= 15 is 0 Å². The number of aliphatic hydroxyl groups excluding tert-OH is 1. The molecule has 0 aromatic carbocycles. The van der Waals surface area contributed by atoms with Crippen LogP contribution in [0.1, 0.15) is 34.6 Å². The number of rotatable bonds is 4. The Labute approximate surface area is 91.6 Å². The summed E-state index contributed by atoms with van der Waals surface area (Å²) in [6.45, 7) is 9.05. The lowest BCUT2D eigenvalue weighted by atomic mass is 9.93. The van der Waals surface area contributed by atoms with Crippen LogP contribution in [0, 0.1) is 10.8 Å². The topological polar surface area (TPSA) is 55.8 Å². The van der Waals surface area contributed by atoms with Gasteiger partial charge >= 0.3 is 5.97 Å². The molecule has 0 aliphatic heterocycles. The van der Waals surface area contributed by atoms with Crippen LogP contribution < -0.4 is 0 Å². The van der Waals surface area contributed by atoms with Crippen molar-refractivity contribution in [3.63, 3.8) is 0 Å². The molecule has 90 valence electrons. The summed E-state index contributed by atoms with van der Waals surface area (Å²) >= 11 is 0. The molecular formula is C11H22O4. The van der Waals surface area contributed by atoms with Crippen LogP contribution in [0.3, 0.4) is 0 Å². The van der Waals surface area contributed by atoms with Crippen molar-refractivity contribution in [3.8, 4) is 0 Å². The van der Waals surface area contributed by atoms with Crippen molar-refractivity contribution in [1.29, 1.82) is 0 Å². The van der Waals surface area contributed by atoms with Crippen molar-refractivity contribution in [2.75, 3.05) is 13.7 Å². The van der Waals surface area contributed by atoms with E-state index < -0.39 is 17.1 Å². The molecule has 1 atom stereocenters. The molecule has 1 N–H and O–H groups in total. The summed E-state index contributed by atoms with van der Waals surface area (Å²) in [5.74, 6) is -0.279. The van der Waals surface area contributed by atoms with Gasteiger partial charge in [-0.1, -0.05) is 13.8 Å². The molecule has 0 heterocycles. The van der Waals surface area contributed by atoms with Crippen molar-refractivity contribution in [1.82, 2.24) is 0 Å². The molecule has 4 heteroatoms. The standard InChI is InChI=1S/C11H22O4/c1-10(2,3)8(12)15-7-11(4,5)9(13)14-6/h9,13H,7H2,1-6H3. The monoisotopic (exact) mass is 218 g/mol. The van der Waals surface area contributed by atoms with Gasteiger partial charge in [-0.3, -0.25) is 4.79 Å². The zero-order valence-electron chi connectivity index (χ0n) is 10.5. The van der Waals surface area contributed by atoms with E-state index in [1.54, 1.807) is 34.6 Å². The Kier molecular flexibility index (Phi) is 4.74. The third kappa shape index (κ3) is 4.62. The van der Waals surface area contributed by atoms with Gasteiger partial charge < -0.3 is 14.6 Å². The summed E-state index contributed by atoms with van der Waals surface area (Å²) in [6, 6.07) is 0. The summed E-state index contributed by atoms with van der Waals surface area (Å²) in [6.07, 6.45) is -0.940. The second-order valence-electron chi connectivity index (χ2n) is 5.40. The molecule has 0 saturated carbocycles. The van der Waals surface area contributed by atoms with E-state index in [-0.39, 0.29) is 12.6 Å². The highest BCUT2D eigenvalue weighted by atomic mass is 16.6. The molecule has 0 aliphatic rings. The molecule has 0 bridgehead atoms. The highest BCUT2D eigenvalue weighted by Gasteiger charge is 2.32. The Balaban J connectivity index is 4.22. The molecule has 0 amide bonds. The van der Waals surface area contributed by atoms with Crippen molar-refractivity contribution < 1.29 is 19.4 Å². The molecule has 0 fully saturated rings. The minimum atomic E-state index is -0.940. The van der Waals surface area contributed by atoms with Crippen molar-refractivity contribution in [3.05, 3.63) is 0 Å². The van der Waals surface area contributed by atoms with Gasteiger partial charge in [0, 0.05) is 12.5 Å². The van der Waals surface area contributed by atoms with Crippen LogP contribution in [-0.4, -0.2) is 31.1 Å². The molecule has 4 nitrogen and oxygen atoms in total. The first kappa shape index (κ1) is 14.4. The van der Waals surface area contributed by atoms with E-state index in [0.29, 0.717) is 0 Å². The highest BCUT2D eigenvalue weighted by molar-refractivity contribution is 5.75. The van der Waals surface area contributed by atoms with Gasteiger partial charge in [0.2, 0.25) is 0 Å². The van der Waals surface area contributed by atoms with Gasteiger partial charge in [0.25, 0.3) is 0 Å². The lowest BCUT2D eigenvalue weighted by Gasteiger charge is -2.29. The third-order valence-corrected chi connectivity index (χ3v) is 2.08. The first-order chi connectivity index (χ1) is 6.61. The van der Waals surface area contributed by atoms with Crippen molar-refractivity contribution in [2.24, 2.45) is 10.8 Å². The molecule has 0 spiro atoms. The highest BCUT2D eigenvalue weighted by Crippen LogP contribution is 2.23. The van der Waals surface area contributed by atoms with Crippen LogP contribution in [-0.2, 0) is 14.3 Å². The predicted molar refractivity (Wildman–Crippen MR) is 57.2 cm³/mol. The average Bonchev–Trinajstić information content (AvgIpc) is 2.11. The smallest absolute Gasteiger partial charge is 0.311 e. The van der Waals surface area contributed by atoms with E-state index in [4.69, 9.17) is 9.47 Å². The molecule has 15 heavy (non-hydrogen) atoms. The van der Waals surface area contributed by atoms with Gasteiger partial charge in [-0.25, -0.2) is 0 Å².